The topological polar surface area (TPSA) is 52.3 Å². The first kappa shape index (κ1) is 9.00. The van der Waals surface area contributed by atoms with E-state index in [4.69, 9.17) is 5.73 Å². The Hall–Kier alpha value is -1.09. The van der Waals surface area contributed by atoms with Gasteiger partial charge < -0.3 is 10.5 Å². The van der Waals surface area contributed by atoms with Crippen molar-refractivity contribution in [3.05, 3.63) is 24.3 Å². The van der Waals surface area contributed by atoms with Gasteiger partial charge in [0.1, 0.15) is 6.04 Å². The smallest absolute Gasteiger partial charge is 0.323 e. The van der Waals surface area contributed by atoms with Crippen LogP contribution in [0.15, 0.2) is 24.3 Å². The number of nitrogens with two attached hydrogens (primary N) is 1. The fourth-order valence-corrected chi connectivity index (χ4v) is 1.15. The Kier molecular flexibility index (Phi) is 3.05. The van der Waals surface area contributed by atoms with Crippen molar-refractivity contribution in [1.82, 2.24) is 0 Å². The number of ether oxygens (including phenoxy) is 1. The third-order valence-corrected chi connectivity index (χ3v) is 1.88. The quantitative estimate of drug-likeness (QED) is 0.484. The number of carbonyl (C=O) groups is 1. The van der Waals surface area contributed by atoms with E-state index in [2.05, 4.69) is 4.74 Å². The molecule has 0 radical (unpaired) electrons. The molecule has 12 heavy (non-hydrogen) atoms. The lowest BCUT2D eigenvalue weighted by Crippen LogP contribution is -2.37. The van der Waals surface area contributed by atoms with Crippen LogP contribution in [0, 0.1) is 5.92 Å². The molecule has 66 valence electrons. The minimum absolute atomic E-state index is 0.00815. The Balaban J connectivity index is 2.56. The summed E-state index contributed by atoms with van der Waals surface area (Å²) in [7, 11) is 1.35. The van der Waals surface area contributed by atoms with Crippen LogP contribution in [0.5, 0.6) is 0 Å². The zero-order valence-electron chi connectivity index (χ0n) is 7.07. The normalized spacial score (nSPS) is 19.2. The highest BCUT2D eigenvalue weighted by Crippen LogP contribution is 2.12. The van der Waals surface area contributed by atoms with Crippen LogP contribution in [0.3, 0.4) is 0 Å². The monoisotopic (exact) mass is 167 g/mol. The van der Waals surface area contributed by atoms with Gasteiger partial charge in [0.25, 0.3) is 0 Å². The fourth-order valence-electron chi connectivity index (χ4n) is 1.15. The minimum Gasteiger partial charge on any atom is -0.468 e. The Labute approximate surface area is 71.9 Å². The molecular formula is C9H13NO2. The molecule has 1 aliphatic rings. The summed E-state index contributed by atoms with van der Waals surface area (Å²) in [5.41, 5.74) is 5.63. The first-order valence-electron chi connectivity index (χ1n) is 3.92. The summed E-state index contributed by atoms with van der Waals surface area (Å²) in [6.07, 6.45) is 8.77. The highest BCUT2D eigenvalue weighted by atomic mass is 16.5. The third kappa shape index (κ3) is 1.95. The molecule has 0 aromatic carbocycles. The van der Waals surface area contributed by atoms with Crippen molar-refractivity contribution >= 4 is 5.97 Å². The van der Waals surface area contributed by atoms with E-state index in [0.29, 0.717) is 0 Å². The highest BCUT2D eigenvalue weighted by Gasteiger charge is 2.21. The van der Waals surface area contributed by atoms with Crippen LogP contribution in [-0.2, 0) is 9.53 Å². The third-order valence-electron chi connectivity index (χ3n) is 1.88. The summed E-state index contributed by atoms with van der Waals surface area (Å²) < 4.78 is 4.53. The first-order valence-corrected chi connectivity index (χ1v) is 3.92. The first-order chi connectivity index (χ1) is 5.75. The zero-order valence-corrected chi connectivity index (χ0v) is 7.07. The average molecular weight is 167 g/mol. The van der Waals surface area contributed by atoms with Gasteiger partial charge in [0.2, 0.25) is 0 Å². The molecular weight excluding hydrogens is 154 g/mol. The van der Waals surface area contributed by atoms with Gasteiger partial charge in [0.05, 0.1) is 7.11 Å². The van der Waals surface area contributed by atoms with Crippen molar-refractivity contribution in [3.8, 4) is 0 Å². The number of hydrogen-bond acceptors (Lipinski definition) is 3. The van der Waals surface area contributed by atoms with E-state index in [1.807, 2.05) is 24.3 Å². The molecule has 0 aliphatic heterocycles. The molecule has 2 N–H and O–H groups in total. The molecule has 0 unspecified atom stereocenters. The van der Waals surface area contributed by atoms with E-state index >= 15 is 0 Å². The molecule has 1 atom stereocenters. The van der Waals surface area contributed by atoms with Gasteiger partial charge in [-0.3, -0.25) is 4.79 Å². The number of esters is 1. The summed E-state index contributed by atoms with van der Waals surface area (Å²) >= 11 is 0. The minimum atomic E-state index is -0.567. The van der Waals surface area contributed by atoms with Gasteiger partial charge in [-0.25, -0.2) is 0 Å². The second kappa shape index (κ2) is 4.07. The number of carbonyl (C=O) groups excluding carboxylic acids is 1. The molecule has 0 amide bonds. The molecule has 0 heterocycles. The maximum atomic E-state index is 11.0. The number of hydrogen-bond donors (Lipinski definition) is 1. The van der Waals surface area contributed by atoms with Gasteiger partial charge in [0.15, 0.2) is 0 Å². The standard InChI is InChI=1S/C9H13NO2/c1-12-9(11)8(10)7-5-3-2-4-6-7/h3-8H,2,10H2,1H3/t8-/m1/s1. The number of methoxy groups -OCH3 is 1. The van der Waals surface area contributed by atoms with E-state index in [9.17, 15) is 4.79 Å². The Morgan fingerprint density at radius 1 is 1.58 bits per heavy atom. The van der Waals surface area contributed by atoms with Crippen molar-refractivity contribution in [2.45, 2.75) is 12.5 Å². The van der Waals surface area contributed by atoms with E-state index < -0.39 is 6.04 Å². The number of allylic oxidation sites excluding steroid dienone is 2. The largest absolute Gasteiger partial charge is 0.468 e. The van der Waals surface area contributed by atoms with Crippen molar-refractivity contribution in [3.63, 3.8) is 0 Å². The molecule has 0 aromatic heterocycles. The molecule has 3 nitrogen and oxygen atoms in total. The van der Waals surface area contributed by atoms with Gasteiger partial charge in [-0.1, -0.05) is 24.3 Å². The van der Waals surface area contributed by atoms with Crippen molar-refractivity contribution in [1.29, 1.82) is 0 Å². The molecule has 0 spiro atoms. The fraction of sp³-hybridized carbons (Fsp3) is 0.444. The molecule has 1 rings (SSSR count). The van der Waals surface area contributed by atoms with Gasteiger partial charge in [-0.05, 0) is 6.42 Å². The van der Waals surface area contributed by atoms with Crippen LogP contribution >= 0.6 is 0 Å². The second-order valence-electron chi connectivity index (χ2n) is 2.72. The Morgan fingerprint density at radius 2 is 2.17 bits per heavy atom. The van der Waals surface area contributed by atoms with Gasteiger partial charge in [-0.2, -0.15) is 0 Å². The molecule has 0 aromatic rings. The van der Waals surface area contributed by atoms with E-state index in [0.717, 1.165) is 6.42 Å². The van der Waals surface area contributed by atoms with Crippen molar-refractivity contribution in [2.75, 3.05) is 7.11 Å². The predicted octanol–water partition coefficient (Wildman–Crippen LogP) is 0.619. The van der Waals surface area contributed by atoms with Gasteiger partial charge in [-0.15, -0.1) is 0 Å². The maximum absolute atomic E-state index is 11.0. The van der Waals surface area contributed by atoms with Gasteiger partial charge >= 0.3 is 5.97 Å². The van der Waals surface area contributed by atoms with Crippen molar-refractivity contribution < 1.29 is 9.53 Å². The number of rotatable bonds is 2. The molecule has 0 saturated carbocycles. The second-order valence-corrected chi connectivity index (χ2v) is 2.72. The summed E-state index contributed by atoms with van der Waals surface area (Å²) in [5.74, 6) is -0.373. The molecule has 0 saturated heterocycles. The van der Waals surface area contributed by atoms with E-state index in [1.165, 1.54) is 7.11 Å². The molecule has 1 aliphatic carbocycles. The maximum Gasteiger partial charge on any atom is 0.323 e. The predicted molar refractivity (Wildman–Crippen MR) is 46.4 cm³/mol. The van der Waals surface area contributed by atoms with E-state index in [1.54, 1.807) is 0 Å². The van der Waals surface area contributed by atoms with Gasteiger partial charge in [0, 0.05) is 5.92 Å². The molecule has 3 heteroatoms. The lowest BCUT2D eigenvalue weighted by atomic mass is 9.96. The van der Waals surface area contributed by atoms with Crippen LogP contribution in [-0.4, -0.2) is 19.1 Å². The average Bonchev–Trinajstić information content (AvgIpc) is 2.17. The van der Waals surface area contributed by atoms with Crippen LogP contribution < -0.4 is 5.73 Å². The summed E-state index contributed by atoms with van der Waals surface area (Å²) in [6, 6.07) is -0.567. The summed E-state index contributed by atoms with van der Waals surface area (Å²) in [5, 5.41) is 0. The van der Waals surface area contributed by atoms with E-state index in [-0.39, 0.29) is 11.9 Å². The SMILES string of the molecule is COC(=O)[C@H](N)C1C=CCC=C1. The Morgan fingerprint density at radius 3 is 2.67 bits per heavy atom. The zero-order chi connectivity index (χ0) is 8.97. The Bertz CT molecular complexity index is 209. The van der Waals surface area contributed by atoms with Crippen LogP contribution in [0.4, 0.5) is 0 Å². The van der Waals surface area contributed by atoms with Crippen molar-refractivity contribution in [2.24, 2.45) is 11.7 Å². The lowest BCUT2D eigenvalue weighted by molar-refractivity contribution is -0.142. The summed E-state index contributed by atoms with van der Waals surface area (Å²) in [6.45, 7) is 0. The molecule has 0 bridgehead atoms. The molecule has 0 fully saturated rings. The van der Waals surface area contributed by atoms with Crippen LogP contribution in [0.1, 0.15) is 6.42 Å². The van der Waals surface area contributed by atoms with Crippen LogP contribution in [0.2, 0.25) is 0 Å². The highest BCUT2D eigenvalue weighted by molar-refractivity contribution is 5.76. The van der Waals surface area contributed by atoms with Crippen LogP contribution in [0.25, 0.3) is 0 Å². The lowest BCUT2D eigenvalue weighted by Gasteiger charge is -2.16. The summed E-state index contributed by atoms with van der Waals surface area (Å²) in [4.78, 5) is 11.0.